The van der Waals surface area contributed by atoms with E-state index in [9.17, 15) is 0 Å². The van der Waals surface area contributed by atoms with Crippen molar-refractivity contribution in [2.45, 2.75) is 84.0 Å². The second-order valence-electron chi connectivity index (χ2n) is 19.9. The molecule has 0 spiro atoms. The van der Waals surface area contributed by atoms with Crippen molar-refractivity contribution < 1.29 is 124 Å². The fourth-order valence-corrected chi connectivity index (χ4v) is 7.49. The molecule has 0 bridgehead atoms. The topological polar surface area (TPSA) is 251 Å². The summed E-state index contributed by atoms with van der Waals surface area (Å²) < 4.78 is 138. The summed E-state index contributed by atoms with van der Waals surface area (Å²) in [5, 5.41) is 8.62. The van der Waals surface area contributed by atoms with Gasteiger partial charge in [0.25, 0.3) is 0 Å². The van der Waals surface area contributed by atoms with Crippen LogP contribution in [-0.2, 0) is 118 Å². The molecule has 0 aliphatic rings. The zero-order chi connectivity index (χ0) is 64.2. The van der Waals surface area contributed by atoms with Gasteiger partial charge in [0.05, 0.1) is 330 Å². The van der Waals surface area contributed by atoms with Crippen LogP contribution in [0.25, 0.3) is 0 Å². The Morgan fingerprint density at radius 2 is 0.222 bits per heavy atom. The van der Waals surface area contributed by atoms with E-state index < -0.39 is 0 Å². The molecule has 0 saturated heterocycles. The molecule has 0 aromatic rings. The van der Waals surface area contributed by atoms with Gasteiger partial charge in [0.15, 0.2) is 0 Å². The third-order valence-electron chi connectivity index (χ3n) is 12.3. The van der Waals surface area contributed by atoms with Crippen molar-refractivity contribution in [3.05, 3.63) is 0 Å². The van der Waals surface area contributed by atoms with Gasteiger partial charge in [0.2, 0.25) is 0 Å². The summed E-state index contributed by atoms with van der Waals surface area (Å²) in [5.41, 5.74) is 0. The number of hydrogen-bond acceptors (Lipinski definition) is 26. The molecule has 0 aliphatic heterocycles. The minimum absolute atomic E-state index is 0.0181. The van der Waals surface area contributed by atoms with E-state index in [-0.39, 0.29) is 6.61 Å². The van der Waals surface area contributed by atoms with Crippen molar-refractivity contribution in [3.63, 3.8) is 0 Å². The molecule has 0 aliphatic carbocycles. The van der Waals surface area contributed by atoms with E-state index in [4.69, 9.17) is 124 Å². The van der Waals surface area contributed by atoms with Crippen molar-refractivity contribution >= 4 is 0 Å². The van der Waals surface area contributed by atoms with Crippen LogP contribution in [0.5, 0.6) is 0 Å². The Labute approximate surface area is 542 Å². The predicted molar refractivity (Wildman–Crippen MR) is 339 cm³/mol. The molecule has 0 saturated carbocycles. The molecule has 0 fully saturated rings. The average molecular weight is 1320 g/mol. The minimum atomic E-state index is 0.0181. The molecule has 542 valence electrons. The van der Waals surface area contributed by atoms with E-state index in [0.717, 1.165) is 13.0 Å². The van der Waals surface area contributed by atoms with Crippen LogP contribution in [0.2, 0.25) is 0 Å². The Kier molecular flexibility index (Phi) is 86.9. The van der Waals surface area contributed by atoms with E-state index >= 15 is 0 Å². The summed E-state index contributed by atoms with van der Waals surface area (Å²) in [4.78, 5) is 0. The Morgan fingerprint density at radius 1 is 0.122 bits per heavy atom. The fraction of sp³-hybridized carbons (Fsp3) is 1.00. The normalized spacial score (nSPS) is 11.8. The first-order valence-corrected chi connectivity index (χ1v) is 34.0. The maximum absolute atomic E-state index is 8.62. The minimum Gasteiger partial charge on any atom is -0.394 e. The van der Waals surface area contributed by atoms with E-state index in [1.165, 1.54) is 70.6 Å². The molecule has 0 unspecified atom stereocenters. The summed E-state index contributed by atoms with van der Waals surface area (Å²) in [5.74, 6) is 0. The lowest BCUT2D eigenvalue weighted by Crippen LogP contribution is -2.16. The Bertz CT molecular complexity index is 1130. The van der Waals surface area contributed by atoms with Crippen LogP contribution in [0.1, 0.15) is 84.0 Å². The number of aliphatic hydroxyl groups excluding tert-OH is 1. The second kappa shape index (κ2) is 88.0. The van der Waals surface area contributed by atoms with Crippen molar-refractivity contribution in [2.24, 2.45) is 0 Å². The third-order valence-corrected chi connectivity index (χ3v) is 12.3. The van der Waals surface area contributed by atoms with Gasteiger partial charge in [-0.3, -0.25) is 0 Å². The van der Waals surface area contributed by atoms with Gasteiger partial charge in [-0.15, -0.1) is 0 Å². The first-order chi connectivity index (χ1) is 44.9. The quantitative estimate of drug-likeness (QED) is 0.0778. The van der Waals surface area contributed by atoms with E-state index in [0.29, 0.717) is 324 Å². The van der Waals surface area contributed by atoms with E-state index in [1.807, 2.05) is 0 Å². The molecule has 26 nitrogen and oxygen atoms in total. The number of ether oxygens (including phenoxy) is 25. The molecule has 0 rings (SSSR count). The molecule has 26 heteroatoms. The van der Waals surface area contributed by atoms with Crippen LogP contribution in [-0.4, -0.2) is 342 Å². The molecule has 0 heterocycles. The van der Waals surface area contributed by atoms with Gasteiger partial charge < -0.3 is 124 Å². The molecular formula is C64H130O26. The third kappa shape index (κ3) is 87.0. The first kappa shape index (κ1) is 89.0. The van der Waals surface area contributed by atoms with Gasteiger partial charge in [0, 0.05) is 6.61 Å². The van der Waals surface area contributed by atoms with E-state index in [2.05, 4.69) is 6.92 Å². The molecule has 1 N–H and O–H groups in total. The SMILES string of the molecule is CCCCCCCCCCCCCCOCCOCCOCCOCCOCCOCCOCCOCCOCCOCCOCCOCCOCCOCCOCCOCCOCCOCCOCCOCCOCCOCCOCCOCCOCCO. The molecule has 0 atom stereocenters. The average Bonchev–Trinajstić information content (AvgIpc) is 3.55. The maximum Gasteiger partial charge on any atom is 0.0701 e. The highest BCUT2D eigenvalue weighted by Crippen LogP contribution is 2.12. The van der Waals surface area contributed by atoms with Crippen LogP contribution in [0.3, 0.4) is 0 Å². The van der Waals surface area contributed by atoms with Crippen LogP contribution in [0.15, 0.2) is 0 Å². The monoisotopic (exact) mass is 1310 g/mol. The smallest absolute Gasteiger partial charge is 0.0701 e. The number of aliphatic hydroxyl groups is 1. The highest BCUT2D eigenvalue weighted by molar-refractivity contribution is 4.50. The summed E-state index contributed by atoms with van der Waals surface area (Å²) in [6, 6.07) is 0. The van der Waals surface area contributed by atoms with Crippen LogP contribution < -0.4 is 0 Å². The van der Waals surface area contributed by atoms with Gasteiger partial charge in [0.1, 0.15) is 0 Å². The van der Waals surface area contributed by atoms with Crippen LogP contribution in [0, 0.1) is 0 Å². The zero-order valence-electron chi connectivity index (χ0n) is 56.2. The van der Waals surface area contributed by atoms with Gasteiger partial charge in [-0.2, -0.15) is 0 Å². The number of unbranched alkanes of at least 4 members (excludes halogenated alkanes) is 11. The molecular weight excluding hydrogens is 1180 g/mol. The molecule has 90 heavy (non-hydrogen) atoms. The highest BCUT2D eigenvalue weighted by atomic mass is 16.6. The summed E-state index contributed by atoms with van der Waals surface area (Å²) in [7, 11) is 0. The van der Waals surface area contributed by atoms with Gasteiger partial charge in [-0.1, -0.05) is 77.6 Å². The molecule has 0 aromatic heterocycles. The van der Waals surface area contributed by atoms with Crippen molar-refractivity contribution in [1.29, 1.82) is 0 Å². The molecule has 0 amide bonds. The van der Waals surface area contributed by atoms with Crippen LogP contribution >= 0.6 is 0 Å². The van der Waals surface area contributed by atoms with Gasteiger partial charge in [-0.05, 0) is 6.42 Å². The lowest BCUT2D eigenvalue weighted by molar-refractivity contribution is -0.0321. The van der Waals surface area contributed by atoms with Gasteiger partial charge in [-0.25, -0.2) is 0 Å². The summed E-state index contributed by atoms with van der Waals surface area (Å²) in [6.07, 6.45) is 16.2. The molecule has 0 aromatic carbocycles. The van der Waals surface area contributed by atoms with Crippen molar-refractivity contribution in [3.8, 4) is 0 Å². The summed E-state index contributed by atoms with van der Waals surface area (Å²) >= 11 is 0. The fourth-order valence-electron chi connectivity index (χ4n) is 7.49. The van der Waals surface area contributed by atoms with Crippen molar-refractivity contribution in [1.82, 2.24) is 0 Å². The first-order valence-electron chi connectivity index (χ1n) is 34.0. The largest absolute Gasteiger partial charge is 0.394 e. The lowest BCUT2D eigenvalue weighted by Gasteiger charge is -2.09. The maximum atomic E-state index is 8.62. The van der Waals surface area contributed by atoms with Crippen molar-refractivity contribution in [2.75, 3.05) is 337 Å². The van der Waals surface area contributed by atoms with Gasteiger partial charge >= 0.3 is 0 Å². The number of hydrogen-bond donors (Lipinski definition) is 1. The molecule has 0 radical (unpaired) electrons. The second-order valence-corrected chi connectivity index (χ2v) is 19.9. The Balaban J connectivity index is 3.08. The standard InChI is InChI=1S/C64H130O26/c1-2-3-4-5-6-7-8-9-10-11-12-13-15-66-17-19-68-21-23-70-25-27-72-29-31-74-33-35-76-37-39-78-41-43-80-45-47-82-49-51-84-53-55-86-57-59-88-61-63-90-64-62-89-60-58-87-56-54-85-52-50-83-48-46-81-44-42-79-40-38-77-36-34-75-32-30-73-28-26-71-24-22-69-20-18-67-16-14-65/h65H,2-64H2,1H3. The van der Waals surface area contributed by atoms with Crippen LogP contribution in [0.4, 0.5) is 0 Å². The van der Waals surface area contributed by atoms with E-state index in [1.54, 1.807) is 0 Å². The highest BCUT2D eigenvalue weighted by Gasteiger charge is 2.02. The number of rotatable bonds is 87. The lowest BCUT2D eigenvalue weighted by atomic mass is 10.1. The summed E-state index contributed by atoms with van der Waals surface area (Å²) in [6.45, 7) is 27.5. The Hall–Kier alpha value is -1.04. The Morgan fingerprint density at radius 3 is 0.344 bits per heavy atom. The zero-order valence-corrected chi connectivity index (χ0v) is 56.2. The predicted octanol–water partition coefficient (Wildman–Crippen LogP) is 5.09.